The van der Waals surface area contributed by atoms with Crippen molar-refractivity contribution in [3.8, 4) is 0 Å². The van der Waals surface area contributed by atoms with E-state index in [1.807, 2.05) is 0 Å². The van der Waals surface area contributed by atoms with Gasteiger partial charge < -0.3 is 10.2 Å². The second kappa shape index (κ2) is 6.41. The molecule has 1 fully saturated rings. The molecule has 2 nitrogen and oxygen atoms in total. The largest absolute Gasteiger partial charge is 0.314 e. The molecule has 0 spiro atoms. The van der Waals surface area contributed by atoms with Crippen molar-refractivity contribution in [1.29, 1.82) is 0 Å². The summed E-state index contributed by atoms with van der Waals surface area (Å²) >= 11 is 0. The molecule has 2 heteroatoms. The molecule has 2 atom stereocenters. The van der Waals surface area contributed by atoms with Crippen LogP contribution in [-0.4, -0.2) is 37.6 Å². The summed E-state index contributed by atoms with van der Waals surface area (Å²) in [5.74, 6) is 0.895. The van der Waals surface area contributed by atoms with Gasteiger partial charge in [0.1, 0.15) is 0 Å². The van der Waals surface area contributed by atoms with Crippen LogP contribution in [-0.2, 0) is 0 Å². The number of nitrogens with zero attached hydrogens (tertiary/aromatic N) is 1. The molecule has 0 heterocycles. The Hall–Kier alpha value is -0.0800. The van der Waals surface area contributed by atoms with E-state index in [1.54, 1.807) is 0 Å². The van der Waals surface area contributed by atoms with Gasteiger partial charge in [0.2, 0.25) is 0 Å². The van der Waals surface area contributed by atoms with Gasteiger partial charge in [0.05, 0.1) is 0 Å². The molecule has 1 aliphatic carbocycles. The number of hydrogen-bond donors (Lipinski definition) is 1. The zero-order valence-electron chi connectivity index (χ0n) is 10.1. The predicted molar refractivity (Wildman–Crippen MR) is 62.6 cm³/mol. The van der Waals surface area contributed by atoms with Gasteiger partial charge in [-0.1, -0.05) is 20.3 Å². The Morgan fingerprint density at radius 3 is 2.71 bits per heavy atom. The molecule has 0 bridgehead atoms. The molecule has 0 aromatic heterocycles. The molecule has 2 unspecified atom stereocenters. The normalized spacial score (nSPS) is 27.4. The monoisotopic (exact) mass is 198 g/mol. The van der Waals surface area contributed by atoms with Crippen molar-refractivity contribution in [2.75, 3.05) is 26.7 Å². The topological polar surface area (TPSA) is 15.3 Å². The Bertz CT molecular complexity index is 147. The van der Waals surface area contributed by atoms with Crippen LogP contribution in [0.5, 0.6) is 0 Å². The van der Waals surface area contributed by atoms with Gasteiger partial charge in [0.25, 0.3) is 0 Å². The fraction of sp³-hybridized carbons (Fsp3) is 1.00. The lowest BCUT2D eigenvalue weighted by Crippen LogP contribution is -2.38. The molecule has 1 N–H and O–H groups in total. The average Bonchev–Trinajstić information content (AvgIpc) is 2.62. The highest BCUT2D eigenvalue weighted by atomic mass is 15.1. The first-order chi connectivity index (χ1) is 6.77. The predicted octanol–water partition coefficient (Wildman–Crippen LogP) is 2.11. The van der Waals surface area contributed by atoms with Gasteiger partial charge in [0.15, 0.2) is 0 Å². The van der Waals surface area contributed by atoms with E-state index in [0.717, 1.165) is 12.0 Å². The van der Waals surface area contributed by atoms with Crippen LogP contribution < -0.4 is 5.32 Å². The Balaban J connectivity index is 2.27. The third-order valence-corrected chi connectivity index (χ3v) is 3.40. The Labute approximate surface area is 89.1 Å². The molecule has 1 aliphatic rings. The van der Waals surface area contributed by atoms with Crippen molar-refractivity contribution in [2.45, 2.75) is 45.6 Å². The van der Waals surface area contributed by atoms with Crippen LogP contribution in [0.15, 0.2) is 0 Å². The second-order valence-corrected chi connectivity index (χ2v) is 4.61. The lowest BCUT2D eigenvalue weighted by molar-refractivity contribution is 0.260. The van der Waals surface area contributed by atoms with E-state index in [1.165, 1.54) is 45.3 Å². The molecule has 84 valence electrons. The number of rotatable bonds is 6. The molecule has 1 rings (SSSR count). The Morgan fingerprint density at radius 2 is 2.07 bits per heavy atom. The summed E-state index contributed by atoms with van der Waals surface area (Å²) in [5.41, 5.74) is 0. The lowest BCUT2D eigenvalue weighted by atomic mass is 10.0. The quantitative estimate of drug-likeness (QED) is 0.703. The van der Waals surface area contributed by atoms with Crippen LogP contribution >= 0.6 is 0 Å². The van der Waals surface area contributed by atoms with E-state index in [-0.39, 0.29) is 0 Å². The molecule has 0 radical (unpaired) electrons. The van der Waals surface area contributed by atoms with Crippen LogP contribution in [0.25, 0.3) is 0 Å². The Morgan fingerprint density at radius 1 is 1.29 bits per heavy atom. The van der Waals surface area contributed by atoms with Crippen molar-refractivity contribution >= 4 is 0 Å². The molecule has 0 saturated heterocycles. The van der Waals surface area contributed by atoms with Gasteiger partial charge in [-0.2, -0.15) is 0 Å². The minimum absolute atomic E-state index is 0.795. The summed E-state index contributed by atoms with van der Waals surface area (Å²) < 4.78 is 0. The number of hydrogen-bond acceptors (Lipinski definition) is 2. The highest BCUT2D eigenvalue weighted by Crippen LogP contribution is 2.26. The summed E-state index contributed by atoms with van der Waals surface area (Å²) in [6.45, 7) is 8.13. The smallest absolute Gasteiger partial charge is 0.0107 e. The first-order valence-corrected chi connectivity index (χ1v) is 6.19. The van der Waals surface area contributed by atoms with Crippen LogP contribution in [0.3, 0.4) is 0 Å². The fourth-order valence-electron chi connectivity index (χ4n) is 2.38. The van der Waals surface area contributed by atoms with E-state index in [4.69, 9.17) is 0 Å². The zero-order chi connectivity index (χ0) is 10.4. The second-order valence-electron chi connectivity index (χ2n) is 4.61. The first kappa shape index (κ1) is 12.0. The van der Waals surface area contributed by atoms with Crippen molar-refractivity contribution in [1.82, 2.24) is 10.2 Å². The van der Waals surface area contributed by atoms with E-state index >= 15 is 0 Å². The van der Waals surface area contributed by atoms with Crippen molar-refractivity contribution in [2.24, 2.45) is 5.92 Å². The fourth-order valence-corrected chi connectivity index (χ4v) is 2.38. The van der Waals surface area contributed by atoms with Crippen molar-refractivity contribution in [3.05, 3.63) is 0 Å². The SMILES string of the molecule is CCCNC1CCCC1CN(C)CC. The summed E-state index contributed by atoms with van der Waals surface area (Å²) in [5, 5.41) is 3.68. The van der Waals surface area contributed by atoms with Gasteiger partial charge in [0, 0.05) is 12.6 Å². The summed E-state index contributed by atoms with van der Waals surface area (Å²) in [4.78, 5) is 2.44. The van der Waals surface area contributed by atoms with Gasteiger partial charge in [-0.15, -0.1) is 0 Å². The maximum absolute atomic E-state index is 3.68. The third kappa shape index (κ3) is 3.58. The van der Waals surface area contributed by atoms with Gasteiger partial charge >= 0.3 is 0 Å². The van der Waals surface area contributed by atoms with Crippen LogP contribution in [0, 0.1) is 5.92 Å². The summed E-state index contributed by atoms with van der Waals surface area (Å²) in [7, 11) is 2.23. The molecule has 0 aromatic carbocycles. The number of nitrogens with one attached hydrogen (secondary N) is 1. The van der Waals surface area contributed by atoms with Gasteiger partial charge in [-0.05, 0) is 45.3 Å². The molecule has 1 saturated carbocycles. The minimum Gasteiger partial charge on any atom is -0.314 e. The lowest BCUT2D eigenvalue weighted by Gasteiger charge is -2.25. The minimum atomic E-state index is 0.795. The van der Waals surface area contributed by atoms with E-state index < -0.39 is 0 Å². The summed E-state index contributed by atoms with van der Waals surface area (Å²) in [6.07, 6.45) is 5.49. The molecule has 14 heavy (non-hydrogen) atoms. The summed E-state index contributed by atoms with van der Waals surface area (Å²) in [6, 6.07) is 0.795. The zero-order valence-corrected chi connectivity index (χ0v) is 10.1. The first-order valence-electron chi connectivity index (χ1n) is 6.19. The van der Waals surface area contributed by atoms with Gasteiger partial charge in [-0.3, -0.25) is 0 Å². The molecule has 0 aromatic rings. The van der Waals surface area contributed by atoms with Crippen LogP contribution in [0.4, 0.5) is 0 Å². The standard InChI is InChI=1S/C12H26N2/c1-4-9-13-12-8-6-7-11(12)10-14(3)5-2/h11-13H,4-10H2,1-3H3. The van der Waals surface area contributed by atoms with Crippen molar-refractivity contribution < 1.29 is 0 Å². The molecular formula is C12H26N2. The average molecular weight is 198 g/mol. The van der Waals surface area contributed by atoms with Gasteiger partial charge in [-0.25, -0.2) is 0 Å². The third-order valence-electron chi connectivity index (χ3n) is 3.40. The van der Waals surface area contributed by atoms with Crippen LogP contribution in [0.1, 0.15) is 39.5 Å². The highest BCUT2D eigenvalue weighted by Gasteiger charge is 2.26. The molecular weight excluding hydrogens is 172 g/mol. The highest BCUT2D eigenvalue weighted by molar-refractivity contribution is 4.84. The van der Waals surface area contributed by atoms with Crippen molar-refractivity contribution in [3.63, 3.8) is 0 Å². The van der Waals surface area contributed by atoms with E-state index in [9.17, 15) is 0 Å². The van der Waals surface area contributed by atoms with E-state index in [2.05, 4.69) is 31.1 Å². The van der Waals surface area contributed by atoms with Crippen LogP contribution in [0.2, 0.25) is 0 Å². The maximum atomic E-state index is 3.68. The maximum Gasteiger partial charge on any atom is 0.0107 e. The Kier molecular flexibility index (Phi) is 5.49. The molecule has 0 amide bonds. The molecule has 0 aliphatic heterocycles. The van der Waals surface area contributed by atoms with E-state index in [0.29, 0.717) is 0 Å².